The van der Waals surface area contributed by atoms with Crippen molar-refractivity contribution >= 4 is 0 Å². The molecule has 3 rings (SSSR count). The molecule has 28 heavy (non-hydrogen) atoms. The van der Waals surface area contributed by atoms with Gasteiger partial charge in [-0.15, -0.1) is 0 Å². The first kappa shape index (κ1) is 21.1. The maximum Gasteiger partial charge on any atom is 0.115 e. The van der Waals surface area contributed by atoms with E-state index in [-0.39, 0.29) is 5.41 Å². The molecule has 2 heterocycles. The van der Waals surface area contributed by atoms with E-state index in [9.17, 15) is 5.11 Å². The normalized spacial score (nSPS) is 29.9. The zero-order chi connectivity index (χ0) is 20.1. The first-order valence-corrected chi connectivity index (χ1v) is 11.0. The predicted octanol–water partition coefficient (Wildman–Crippen LogP) is 4.98. The van der Waals surface area contributed by atoms with Crippen LogP contribution in [0.2, 0.25) is 0 Å². The van der Waals surface area contributed by atoms with Crippen LogP contribution in [0.15, 0.2) is 48.1 Å². The molecule has 2 aliphatic rings. The van der Waals surface area contributed by atoms with Gasteiger partial charge in [-0.05, 0) is 55.2 Å². The van der Waals surface area contributed by atoms with E-state index in [4.69, 9.17) is 0 Å². The van der Waals surface area contributed by atoms with E-state index in [2.05, 4.69) is 61.8 Å². The maximum absolute atomic E-state index is 10.0. The lowest BCUT2D eigenvalue weighted by molar-refractivity contribution is -0.000591. The van der Waals surface area contributed by atoms with Gasteiger partial charge in [-0.2, -0.15) is 0 Å². The molecule has 2 fully saturated rings. The topological polar surface area (TPSA) is 26.7 Å². The van der Waals surface area contributed by atoms with Crippen molar-refractivity contribution in [2.24, 2.45) is 5.92 Å². The number of hydrogen-bond donors (Lipinski definition) is 1. The van der Waals surface area contributed by atoms with Crippen LogP contribution in [0.3, 0.4) is 0 Å². The van der Waals surface area contributed by atoms with Gasteiger partial charge in [0.2, 0.25) is 0 Å². The van der Waals surface area contributed by atoms with E-state index in [1.54, 1.807) is 11.6 Å². The Balaban J connectivity index is 1.71. The fraction of sp³-hybridized carbons (Fsp3) is 0.600. The number of benzene rings is 1. The summed E-state index contributed by atoms with van der Waals surface area (Å²) < 4.78 is 0. The number of phenols is 1. The van der Waals surface area contributed by atoms with Crippen LogP contribution < -0.4 is 0 Å². The fourth-order valence-electron chi connectivity index (χ4n) is 5.10. The van der Waals surface area contributed by atoms with Crippen molar-refractivity contribution < 1.29 is 5.11 Å². The average Bonchev–Trinajstić information content (AvgIpc) is 2.67. The van der Waals surface area contributed by atoms with Crippen molar-refractivity contribution in [3.8, 4) is 5.75 Å². The summed E-state index contributed by atoms with van der Waals surface area (Å²) in [4.78, 5) is 5.37. The number of hydrogen-bond acceptors (Lipinski definition) is 3. The number of piperazine rings is 1. The Hall–Kier alpha value is -1.58. The number of rotatable bonds is 6. The molecule has 2 saturated heterocycles. The number of nitrogens with zero attached hydrogens (tertiary/aromatic N) is 2. The van der Waals surface area contributed by atoms with Crippen molar-refractivity contribution in [2.45, 2.75) is 58.4 Å². The summed E-state index contributed by atoms with van der Waals surface area (Å²) in [5.74, 6) is 0.972. The molecule has 3 nitrogen and oxygen atoms in total. The molecule has 3 heteroatoms. The van der Waals surface area contributed by atoms with Gasteiger partial charge >= 0.3 is 0 Å². The fourth-order valence-corrected chi connectivity index (χ4v) is 5.10. The zero-order valence-electron chi connectivity index (χ0n) is 18.2. The van der Waals surface area contributed by atoms with Crippen molar-refractivity contribution in [1.82, 2.24) is 9.80 Å². The lowest BCUT2D eigenvalue weighted by atomic mass is 9.65. The summed E-state index contributed by atoms with van der Waals surface area (Å²) in [7, 11) is 0. The standard InChI is InChI=1S/C25H38N2O/c1-5-7-10-21(9-6-2)18-26-13-14-27-17-20(3)25(4,16-23(27)19-26)22-11-8-12-24(28)15-22/h5,7-9,11-12,15,20,23,28H,6,10,13-14,16-19H2,1-4H3/b7-5-,21-9+/t20?,23?,25-/m1/s1. The van der Waals surface area contributed by atoms with Gasteiger partial charge in [-0.3, -0.25) is 9.80 Å². The summed E-state index contributed by atoms with van der Waals surface area (Å²) in [6.45, 7) is 14.9. The number of fused-ring (bicyclic) bond motifs is 1. The van der Waals surface area contributed by atoms with Gasteiger partial charge in [-0.25, -0.2) is 0 Å². The third-order valence-electron chi connectivity index (χ3n) is 6.99. The molecule has 1 N–H and O–H groups in total. The van der Waals surface area contributed by atoms with Gasteiger partial charge in [0.1, 0.15) is 5.75 Å². The van der Waals surface area contributed by atoms with Crippen LogP contribution in [0.5, 0.6) is 5.75 Å². The van der Waals surface area contributed by atoms with Crippen LogP contribution in [0, 0.1) is 5.92 Å². The summed E-state index contributed by atoms with van der Waals surface area (Å²) in [6, 6.07) is 8.55. The Morgan fingerprint density at radius 3 is 2.82 bits per heavy atom. The maximum atomic E-state index is 10.0. The summed E-state index contributed by atoms with van der Waals surface area (Å²) in [5.41, 5.74) is 2.96. The predicted molar refractivity (Wildman–Crippen MR) is 119 cm³/mol. The first-order valence-electron chi connectivity index (χ1n) is 11.0. The van der Waals surface area contributed by atoms with Gasteiger partial charge < -0.3 is 5.11 Å². The van der Waals surface area contributed by atoms with Gasteiger partial charge in [0.25, 0.3) is 0 Å². The number of phenolic OH excluding ortho intramolecular Hbond substituents is 1. The Kier molecular flexibility index (Phi) is 7.00. The van der Waals surface area contributed by atoms with Crippen molar-refractivity contribution in [3.63, 3.8) is 0 Å². The smallest absolute Gasteiger partial charge is 0.115 e. The van der Waals surface area contributed by atoms with Crippen LogP contribution in [0.1, 0.15) is 52.5 Å². The van der Waals surface area contributed by atoms with Crippen LogP contribution in [0.4, 0.5) is 0 Å². The molecule has 1 aromatic rings. The molecular weight excluding hydrogens is 344 g/mol. The molecule has 0 bridgehead atoms. The Morgan fingerprint density at radius 1 is 1.29 bits per heavy atom. The quantitative estimate of drug-likeness (QED) is 0.703. The van der Waals surface area contributed by atoms with Crippen molar-refractivity contribution in [3.05, 3.63) is 53.6 Å². The second-order valence-electron chi connectivity index (χ2n) is 9.00. The van der Waals surface area contributed by atoms with Gasteiger partial charge in [0.15, 0.2) is 0 Å². The molecule has 2 aliphatic heterocycles. The summed E-state index contributed by atoms with van der Waals surface area (Å²) in [6.07, 6.45) is 10.2. The highest BCUT2D eigenvalue weighted by Crippen LogP contribution is 2.43. The summed E-state index contributed by atoms with van der Waals surface area (Å²) in [5, 5.41) is 10.0. The highest BCUT2D eigenvalue weighted by atomic mass is 16.3. The average molecular weight is 383 g/mol. The molecule has 0 aromatic heterocycles. The Bertz CT molecular complexity index is 710. The SMILES string of the molecule is C/C=C\C/C(=C\CC)CN1CCN2CC(C)[C@](C)(c3cccc(O)c3)CC2C1. The molecule has 0 aliphatic carbocycles. The minimum absolute atomic E-state index is 0.121. The molecule has 0 spiro atoms. The van der Waals surface area contributed by atoms with Crippen LogP contribution >= 0.6 is 0 Å². The highest BCUT2D eigenvalue weighted by molar-refractivity contribution is 5.34. The Morgan fingerprint density at radius 2 is 2.11 bits per heavy atom. The number of aromatic hydroxyl groups is 1. The molecular formula is C25H38N2O. The van der Waals surface area contributed by atoms with Crippen LogP contribution in [-0.2, 0) is 5.41 Å². The minimum atomic E-state index is 0.121. The minimum Gasteiger partial charge on any atom is -0.508 e. The van der Waals surface area contributed by atoms with E-state index >= 15 is 0 Å². The van der Waals surface area contributed by atoms with Gasteiger partial charge in [0.05, 0.1) is 0 Å². The van der Waals surface area contributed by atoms with E-state index < -0.39 is 0 Å². The lowest BCUT2D eigenvalue weighted by Gasteiger charge is -2.53. The van der Waals surface area contributed by atoms with Crippen molar-refractivity contribution in [1.29, 1.82) is 0 Å². The van der Waals surface area contributed by atoms with Crippen molar-refractivity contribution in [2.75, 3.05) is 32.7 Å². The number of piperidine rings is 1. The first-order chi connectivity index (χ1) is 13.5. The largest absolute Gasteiger partial charge is 0.508 e. The molecule has 3 atom stereocenters. The van der Waals surface area contributed by atoms with E-state index in [1.807, 2.05) is 12.1 Å². The van der Waals surface area contributed by atoms with Gasteiger partial charge in [0, 0.05) is 38.8 Å². The molecule has 0 amide bonds. The third kappa shape index (κ3) is 4.69. The third-order valence-corrected chi connectivity index (χ3v) is 6.99. The second-order valence-corrected chi connectivity index (χ2v) is 9.00. The van der Waals surface area contributed by atoms with Crippen LogP contribution in [-0.4, -0.2) is 53.7 Å². The summed E-state index contributed by atoms with van der Waals surface area (Å²) >= 11 is 0. The molecule has 0 saturated carbocycles. The zero-order valence-corrected chi connectivity index (χ0v) is 18.2. The molecule has 1 aromatic carbocycles. The van der Waals surface area contributed by atoms with E-state index in [1.165, 1.54) is 18.7 Å². The van der Waals surface area contributed by atoms with Gasteiger partial charge in [-0.1, -0.05) is 56.7 Å². The molecule has 2 unspecified atom stereocenters. The highest BCUT2D eigenvalue weighted by Gasteiger charge is 2.44. The van der Waals surface area contributed by atoms with Crippen LogP contribution in [0.25, 0.3) is 0 Å². The van der Waals surface area contributed by atoms with E-state index in [0.717, 1.165) is 38.9 Å². The number of allylic oxidation sites excluding steroid dienone is 3. The molecule has 0 radical (unpaired) electrons. The Labute approximate surface area is 171 Å². The second kappa shape index (κ2) is 9.28. The molecule has 154 valence electrons. The lowest BCUT2D eigenvalue weighted by Crippen LogP contribution is -2.61. The van der Waals surface area contributed by atoms with E-state index in [0.29, 0.717) is 17.7 Å². The monoisotopic (exact) mass is 382 g/mol.